The van der Waals surface area contributed by atoms with Gasteiger partial charge in [-0.05, 0) is 22.4 Å². The maximum atomic E-state index is 9.34. The Labute approximate surface area is 73.2 Å². The first-order chi connectivity index (χ1) is 5.27. The van der Waals surface area contributed by atoms with Gasteiger partial charge in [0.05, 0.1) is 18.1 Å². The van der Waals surface area contributed by atoms with Crippen LogP contribution in [-0.2, 0) is 13.0 Å². The molecule has 1 unspecified atom stereocenters. The zero-order valence-electron chi connectivity index (χ0n) is 6.00. The number of hydrogen-bond donors (Lipinski definition) is 1. The number of aromatic nitrogens is 2. The van der Waals surface area contributed by atoms with Crippen LogP contribution in [0.25, 0.3) is 0 Å². The van der Waals surface area contributed by atoms with Gasteiger partial charge in [-0.15, -0.1) is 0 Å². The lowest BCUT2D eigenvalue weighted by molar-refractivity contribution is 0.143. The van der Waals surface area contributed by atoms with Crippen molar-refractivity contribution in [2.75, 3.05) is 0 Å². The average molecular weight is 217 g/mol. The molecule has 0 spiro atoms. The van der Waals surface area contributed by atoms with E-state index in [1.54, 1.807) is 0 Å². The molecule has 0 bridgehead atoms. The normalized spacial score (nSPS) is 23.3. The van der Waals surface area contributed by atoms with E-state index >= 15 is 0 Å². The number of hydrogen-bond acceptors (Lipinski definition) is 2. The molecule has 0 aliphatic carbocycles. The van der Waals surface area contributed by atoms with Gasteiger partial charge in [-0.2, -0.15) is 0 Å². The minimum absolute atomic E-state index is 0.185. The fraction of sp³-hybridized carbons (Fsp3) is 0.571. The highest BCUT2D eigenvalue weighted by Crippen LogP contribution is 2.21. The number of imidazole rings is 1. The Kier molecular flexibility index (Phi) is 1.73. The van der Waals surface area contributed by atoms with Crippen LogP contribution < -0.4 is 0 Å². The van der Waals surface area contributed by atoms with Crippen molar-refractivity contribution >= 4 is 15.9 Å². The molecular weight excluding hydrogens is 208 g/mol. The van der Waals surface area contributed by atoms with Crippen LogP contribution in [0.5, 0.6) is 0 Å². The predicted octanol–water partition coefficient (Wildman–Crippen LogP) is 0.953. The highest BCUT2D eigenvalue weighted by molar-refractivity contribution is 9.10. The Hall–Kier alpha value is -0.350. The van der Waals surface area contributed by atoms with Crippen molar-refractivity contribution in [3.8, 4) is 0 Å². The molecule has 1 N–H and O–H groups in total. The highest BCUT2D eigenvalue weighted by atomic mass is 79.9. The van der Waals surface area contributed by atoms with Gasteiger partial charge in [0.1, 0.15) is 4.60 Å². The fourth-order valence-electron chi connectivity index (χ4n) is 1.39. The fourth-order valence-corrected chi connectivity index (χ4v) is 1.87. The molecule has 1 aromatic heterocycles. The monoisotopic (exact) mass is 216 g/mol. The van der Waals surface area contributed by atoms with Gasteiger partial charge in [0.25, 0.3) is 0 Å². The molecule has 0 saturated heterocycles. The number of nitrogens with zero attached hydrogens (tertiary/aromatic N) is 2. The molecule has 11 heavy (non-hydrogen) atoms. The summed E-state index contributed by atoms with van der Waals surface area (Å²) in [7, 11) is 0. The largest absolute Gasteiger partial charge is 0.393 e. The minimum Gasteiger partial charge on any atom is -0.393 e. The van der Waals surface area contributed by atoms with Crippen molar-refractivity contribution in [2.24, 2.45) is 0 Å². The number of halogens is 1. The van der Waals surface area contributed by atoms with Gasteiger partial charge in [0.15, 0.2) is 0 Å². The van der Waals surface area contributed by atoms with Crippen LogP contribution in [0.15, 0.2) is 10.9 Å². The molecular formula is C7H9BrN2O. The maximum Gasteiger partial charge on any atom is 0.127 e. The molecule has 0 fully saturated rings. The van der Waals surface area contributed by atoms with Gasteiger partial charge < -0.3 is 9.67 Å². The van der Waals surface area contributed by atoms with Crippen LogP contribution in [0.1, 0.15) is 12.1 Å². The zero-order chi connectivity index (χ0) is 7.84. The van der Waals surface area contributed by atoms with E-state index in [9.17, 15) is 5.11 Å². The van der Waals surface area contributed by atoms with Gasteiger partial charge in [-0.1, -0.05) is 0 Å². The van der Waals surface area contributed by atoms with Crippen LogP contribution in [-0.4, -0.2) is 20.8 Å². The summed E-state index contributed by atoms with van der Waals surface area (Å²) in [5.41, 5.74) is 1.11. The number of aliphatic hydroxyl groups excluding tert-OH is 1. The van der Waals surface area contributed by atoms with E-state index in [0.717, 1.165) is 29.7 Å². The third-order valence-electron chi connectivity index (χ3n) is 2.03. The summed E-state index contributed by atoms with van der Waals surface area (Å²) in [6, 6.07) is 0. The number of aryl methyl sites for hydroxylation is 1. The third-order valence-corrected chi connectivity index (χ3v) is 2.69. The molecule has 60 valence electrons. The Bertz CT molecular complexity index is 271. The first kappa shape index (κ1) is 7.31. The van der Waals surface area contributed by atoms with Crippen molar-refractivity contribution in [1.82, 2.24) is 9.55 Å². The summed E-state index contributed by atoms with van der Waals surface area (Å²) in [6.07, 6.45) is 3.19. The SMILES string of the molecule is OC1CCn2cnc(Br)c2C1. The second-order valence-corrected chi connectivity index (χ2v) is 3.57. The molecule has 0 amide bonds. The van der Waals surface area contributed by atoms with Gasteiger partial charge >= 0.3 is 0 Å². The molecule has 0 aromatic carbocycles. The maximum absolute atomic E-state index is 9.34. The Balaban J connectivity index is 2.37. The Morgan fingerprint density at radius 2 is 2.55 bits per heavy atom. The van der Waals surface area contributed by atoms with Crippen molar-refractivity contribution in [3.63, 3.8) is 0 Å². The molecule has 2 rings (SSSR count). The summed E-state index contributed by atoms with van der Waals surface area (Å²) in [5.74, 6) is 0. The zero-order valence-corrected chi connectivity index (χ0v) is 7.58. The lowest BCUT2D eigenvalue weighted by Gasteiger charge is -2.19. The minimum atomic E-state index is -0.185. The van der Waals surface area contributed by atoms with E-state index in [2.05, 4.69) is 25.5 Å². The van der Waals surface area contributed by atoms with Gasteiger partial charge in [-0.25, -0.2) is 4.98 Å². The topological polar surface area (TPSA) is 38.0 Å². The summed E-state index contributed by atoms with van der Waals surface area (Å²) >= 11 is 3.34. The second kappa shape index (κ2) is 2.60. The quantitative estimate of drug-likeness (QED) is 0.702. The van der Waals surface area contributed by atoms with Crippen molar-refractivity contribution in [2.45, 2.75) is 25.5 Å². The number of aliphatic hydroxyl groups is 1. The summed E-state index contributed by atoms with van der Waals surface area (Å²) in [5, 5.41) is 9.34. The third kappa shape index (κ3) is 1.20. The highest BCUT2D eigenvalue weighted by Gasteiger charge is 2.18. The number of rotatable bonds is 0. The molecule has 1 atom stereocenters. The van der Waals surface area contributed by atoms with E-state index in [0.29, 0.717) is 0 Å². The second-order valence-electron chi connectivity index (χ2n) is 2.82. The van der Waals surface area contributed by atoms with E-state index in [-0.39, 0.29) is 6.10 Å². The van der Waals surface area contributed by atoms with Crippen molar-refractivity contribution in [3.05, 3.63) is 16.6 Å². The first-order valence-electron chi connectivity index (χ1n) is 3.65. The molecule has 1 aromatic rings. The summed E-state index contributed by atoms with van der Waals surface area (Å²) in [4.78, 5) is 4.10. The van der Waals surface area contributed by atoms with Crippen LogP contribution in [0.2, 0.25) is 0 Å². The predicted molar refractivity (Wildman–Crippen MR) is 44.3 cm³/mol. The lowest BCUT2D eigenvalue weighted by atomic mass is 10.1. The number of fused-ring (bicyclic) bond motifs is 1. The molecule has 3 nitrogen and oxygen atoms in total. The van der Waals surface area contributed by atoms with Gasteiger partial charge in [-0.3, -0.25) is 0 Å². The van der Waals surface area contributed by atoms with Crippen LogP contribution in [0, 0.1) is 0 Å². The van der Waals surface area contributed by atoms with Crippen LogP contribution >= 0.6 is 15.9 Å². The summed E-state index contributed by atoms with van der Waals surface area (Å²) < 4.78 is 2.95. The van der Waals surface area contributed by atoms with Crippen LogP contribution in [0.3, 0.4) is 0 Å². The van der Waals surface area contributed by atoms with Crippen molar-refractivity contribution in [1.29, 1.82) is 0 Å². The Morgan fingerprint density at radius 1 is 1.73 bits per heavy atom. The smallest absolute Gasteiger partial charge is 0.127 e. The lowest BCUT2D eigenvalue weighted by Crippen LogP contribution is -2.22. The average Bonchev–Trinajstić information content (AvgIpc) is 2.33. The summed E-state index contributed by atoms with van der Waals surface area (Å²) in [6.45, 7) is 0.884. The molecule has 2 heterocycles. The molecule has 1 aliphatic rings. The van der Waals surface area contributed by atoms with E-state index in [1.807, 2.05) is 6.33 Å². The first-order valence-corrected chi connectivity index (χ1v) is 4.44. The molecule has 0 saturated carbocycles. The van der Waals surface area contributed by atoms with Crippen LogP contribution in [0.4, 0.5) is 0 Å². The van der Waals surface area contributed by atoms with Gasteiger partial charge in [0.2, 0.25) is 0 Å². The van der Waals surface area contributed by atoms with Gasteiger partial charge in [0, 0.05) is 13.0 Å². The van der Waals surface area contributed by atoms with Crippen molar-refractivity contribution < 1.29 is 5.11 Å². The van der Waals surface area contributed by atoms with E-state index < -0.39 is 0 Å². The van der Waals surface area contributed by atoms with E-state index in [4.69, 9.17) is 0 Å². The molecule has 0 radical (unpaired) electrons. The standard InChI is InChI=1S/C7H9BrN2O/c8-7-6-3-5(11)1-2-10(6)4-9-7/h4-5,11H,1-3H2. The van der Waals surface area contributed by atoms with E-state index in [1.165, 1.54) is 0 Å². The molecule has 4 heteroatoms. The molecule has 1 aliphatic heterocycles. The Morgan fingerprint density at radius 3 is 3.36 bits per heavy atom.